The van der Waals surface area contributed by atoms with Gasteiger partial charge in [0.2, 0.25) is 0 Å². The van der Waals surface area contributed by atoms with Gasteiger partial charge >= 0.3 is 0 Å². The number of amides is 1. The van der Waals surface area contributed by atoms with E-state index in [1.54, 1.807) is 17.5 Å². The van der Waals surface area contributed by atoms with Crippen LogP contribution in [0.25, 0.3) is 21.7 Å². The molecule has 0 atom stereocenters. The molecule has 1 saturated heterocycles. The minimum absolute atomic E-state index is 0.0991. The lowest BCUT2D eigenvalue weighted by Crippen LogP contribution is -2.27. The summed E-state index contributed by atoms with van der Waals surface area (Å²) in [6.45, 7) is 1.70. The third-order valence-corrected chi connectivity index (χ3v) is 5.70. The zero-order chi connectivity index (χ0) is 18.9. The quantitative estimate of drug-likeness (QED) is 0.549. The van der Waals surface area contributed by atoms with Gasteiger partial charge in [-0.3, -0.25) is 9.89 Å². The van der Waals surface area contributed by atoms with E-state index in [0.717, 1.165) is 47.5 Å². The second kappa shape index (κ2) is 7.05. The molecule has 0 bridgehead atoms. The molecule has 1 aliphatic heterocycles. The lowest BCUT2D eigenvalue weighted by atomic mass is 10.2. The number of carbonyl (C=O) groups is 1. The molecule has 0 saturated carbocycles. The normalized spacial score (nSPS) is 13.9. The molecule has 8 heteroatoms. The fourth-order valence-electron chi connectivity index (χ4n) is 3.38. The second-order valence-corrected chi connectivity index (χ2v) is 7.65. The highest BCUT2D eigenvalue weighted by Crippen LogP contribution is 2.28. The van der Waals surface area contributed by atoms with E-state index >= 15 is 0 Å². The Morgan fingerprint density at radius 3 is 2.68 bits per heavy atom. The monoisotopic (exact) mass is 390 g/mol. The summed E-state index contributed by atoms with van der Waals surface area (Å²) in [7, 11) is 0. The van der Waals surface area contributed by atoms with E-state index in [-0.39, 0.29) is 5.91 Å². The van der Waals surface area contributed by atoms with Crippen molar-refractivity contribution >= 4 is 39.8 Å². The Kier molecular flexibility index (Phi) is 4.25. The minimum Gasteiger partial charge on any atom is -0.339 e. The van der Waals surface area contributed by atoms with E-state index in [1.165, 1.54) is 0 Å². The summed E-state index contributed by atoms with van der Waals surface area (Å²) in [5.41, 5.74) is 3.06. The van der Waals surface area contributed by atoms with Crippen molar-refractivity contribution in [1.82, 2.24) is 25.1 Å². The van der Waals surface area contributed by atoms with Gasteiger partial charge in [0.1, 0.15) is 11.0 Å². The van der Waals surface area contributed by atoms with Gasteiger partial charge in [0.25, 0.3) is 5.91 Å². The van der Waals surface area contributed by atoms with E-state index in [4.69, 9.17) is 0 Å². The van der Waals surface area contributed by atoms with Crippen molar-refractivity contribution < 1.29 is 4.79 Å². The lowest BCUT2D eigenvalue weighted by molar-refractivity contribution is 0.0793. The predicted octanol–water partition coefficient (Wildman–Crippen LogP) is 4.06. The summed E-state index contributed by atoms with van der Waals surface area (Å²) in [6.07, 6.45) is 3.87. The van der Waals surface area contributed by atoms with E-state index in [0.29, 0.717) is 17.2 Å². The van der Waals surface area contributed by atoms with E-state index < -0.39 is 0 Å². The summed E-state index contributed by atoms with van der Waals surface area (Å²) in [5.74, 6) is 1.42. The second-order valence-electron chi connectivity index (χ2n) is 6.71. The van der Waals surface area contributed by atoms with Gasteiger partial charge in [-0.05, 0) is 48.6 Å². The highest BCUT2D eigenvalue weighted by molar-refractivity contribution is 7.13. The Morgan fingerprint density at radius 1 is 1.11 bits per heavy atom. The number of hydrogen-bond donors (Lipinski definition) is 2. The van der Waals surface area contributed by atoms with Gasteiger partial charge in [0, 0.05) is 24.3 Å². The molecule has 140 valence electrons. The lowest BCUT2D eigenvalue weighted by Gasteiger charge is -2.15. The minimum atomic E-state index is 0.0991. The first kappa shape index (κ1) is 16.9. The SMILES string of the molecule is O=C(c1ccc(Nc2nc(-c3cccs3)nc3cn[nH]c23)cc1)N1CCCC1. The fourth-order valence-corrected chi connectivity index (χ4v) is 4.04. The van der Waals surface area contributed by atoms with E-state index in [2.05, 4.69) is 25.5 Å². The Balaban J connectivity index is 1.43. The van der Waals surface area contributed by atoms with Gasteiger partial charge in [-0.15, -0.1) is 11.3 Å². The number of nitrogens with one attached hydrogen (secondary N) is 2. The number of likely N-dealkylation sites (tertiary alicyclic amines) is 1. The number of aromatic nitrogens is 4. The molecule has 0 radical (unpaired) electrons. The number of hydrogen-bond acceptors (Lipinski definition) is 6. The molecule has 1 aliphatic rings. The van der Waals surface area contributed by atoms with Crippen molar-refractivity contribution in [2.24, 2.45) is 0 Å². The average Bonchev–Trinajstić information content (AvgIpc) is 3.50. The van der Waals surface area contributed by atoms with Crippen LogP contribution in [0.5, 0.6) is 0 Å². The molecular formula is C20H18N6OS. The molecule has 0 unspecified atom stereocenters. The zero-order valence-corrected chi connectivity index (χ0v) is 15.9. The Hall–Kier alpha value is -3.26. The number of anilines is 2. The summed E-state index contributed by atoms with van der Waals surface area (Å²) < 4.78 is 0. The Labute approximate surface area is 165 Å². The van der Waals surface area contributed by atoms with Crippen molar-refractivity contribution in [3.05, 3.63) is 53.5 Å². The van der Waals surface area contributed by atoms with Gasteiger partial charge in [0.15, 0.2) is 11.6 Å². The van der Waals surface area contributed by atoms with Crippen LogP contribution < -0.4 is 5.32 Å². The van der Waals surface area contributed by atoms with Gasteiger partial charge in [0.05, 0.1) is 11.1 Å². The number of aromatic amines is 1. The van der Waals surface area contributed by atoms with Crippen molar-refractivity contribution in [2.45, 2.75) is 12.8 Å². The first-order chi connectivity index (χ1) is 13.8. The third-order valence-electron chi connectivity index (χ3n) is 4.83. The molecule has 1 fully saturated rings. The van der Waals surface area contributed by atoms with Crippen LogP contribution in [0.3, 0.4) is 0 Å². The van der Waals surface area contributed by atoms with Gasteiger partial charge in [-0.2, -0.15) is 5.10 Å². The maximum atomic E-state index is 12.5. The molecular weight excluding hydrogens is 372 g/mol. The van der Waals surface area contributed by atoms with E-state index in [9.17, 15) is 4.79 Å². The zero-order valence-electron chi connectivity index (χ0n) is 15.1. The van der Waals surface area contributed by atoms with Crippen molar-refractivity contribution in [1.29, 1.82) is 0 Å². The molecule has 5 rings (SSSR count). The van der Waals surface area contributed by atoms with Gasteiger partial charge < -0.3 is 10.2 Å². The Morgan fingerprint density at radius 2 is 1.93 bits per heavy atom. The first-order valence-corrected chi connectivity index (χ1v) is 10.1. The number of nitrogens with zero attached hydrogens (tertiary/aromatic N) is 4. The molecule has 4 aromatic rings. The van der Waals surface area contributed by atoms with Crippen LogP contribution in [0, 0.1) is 0 Å². The van der Waals surface area contributed by atoms with Crippen LogP contribution in [0.2, 0.25) is 0 Å². The molecule has 1 amide bonds. The van der Waals surface area contributed by atoms with Crippen molar-refractivity contribution in [2.75, 3.05) is 18.4 Å². The first-order valence-electron chi connectivity index (χ1n) is 9.19. The van der Waals surface area contributed by atoms with Crippen LogP contribution in [0.15, 0.2) is 48.0 Å². The van der Waals surface area contributed by atoms with Crippen molar-refractivity contribution in [3.63, 3.8) is 0 Å². The maximum Gasteiger partial charge on any atom is 0.253 e. The maximum absolute atomic E-state index is 12.5. The van der Waals surface area contributed by atoms with Crippen LogP contribution in [-0.2, 0) is 0 Å². The Bertz CT molecular complexity index is 1110. The number of H-pyrrole nitrogens is 1. The van der Waals surface area contributed by atoms with Gasteiger partial charge in [-0.25, -0.2) is 9.97 Å². The smallest absolute Gasteiger partial charge is 0.253 e. The van der Waals surface area contributed by atoms with Crippen LogP contribution in [0.1, 0.15) is 23.2 Å². The average molecular weight is 390 g/mol. The fraction of sp³-hybridized carbons (Fsp3) is 0.200. The summed E-state index contributed by atoms with van der Waals surface area (Å²) in [4.78, 5) is 24.7. The van der Waals surface area contributed by atoms with Crippen LogP contribution in [0.4, 0.5) is 11.5 Å². The molecule has 4 heterocycles. The topological polar surface area (TPSA) is 86.8 Å². The standard InChI is InChI=1S/C20H18N6OS/c27-20(26-9-1-2-10-26)13-5-7-14(8-6-13)22-19-17-15(12-21-25-17)23-18(24-19)16-4-3-11-28-16/h3-8,11-12H,1-2,9-10H2,(H,21,25)(H,22,23,24). The third kappa shape index (κ3) is 3.11. The van der Waals surface area contributed by atoms with Gasteiger partial charge in [-0.1, -0.05) is 6.07 Å². The number of rotatable bonds is 4. The highest BCUT2D eigenvalue weighted by atomic mass is 32.1. The number of thiophene rings is 1. The highest BCUT2D eigenvalue weighted by Gasteiger charge is 2.19. The summed E-state index contributed by atoms with van der Waals surface area (Å²) in [5, 5.41) is 12.4. The van der Waals surface area contributed by atoms with Crippen molar-refractivity contribution in [3.8, 4) is 10.7 Å². The van der Waals surface area contributed by atoms with E-state index in [1.807, 2.05) is 46.7 Å². The largest absolute Gasteiger partial charge is 0.339 e. The van der Waals surface area contributed by atoms with Crippen LogP contribution in [-0.4, -0.2) is 44.1 Å². The number of benzene rings is 1. The number of carbonyl (C=O) groups excluding carboxylic acids is 1. The molecule has 0 spiro atoms. The summed E-state index contributed by atoms with van der Waals surface area (Å²) >= 11 is 1.59. The predicted molar refractivity (Wildman–Crippen MR) is 110 cm³/mol. The molecule has 7 nitrogen and oxygen atoms in total. The molecule has 1 aromatic carbocycles. The molecule has 2 N–H and O–H groups in total. The number of fused-ring (bicyclic) bond motifs is 1. The molecule has 0 aliphatic carbocycles. The molecule has 3 aromatic heterocycles. The summed E-state index contributed by atoms with van der Waals surface area (Å²) in [6, 6.07) is 11.5. The molecule has 28 heavy (non-hydrogen) atoms. The van der Waals surface area contributed by atoms with Crippen LogP contribution >= 0.6 is 11.3 Å².